The number of nitriles is 1. The molecule has 1 aromatic carbocycles. The second-order valence-corrected chi connectivity index (χ2v) is 6.14. The Morgan fingerprint density at radius 1 is 1.48 bits per heavy atom. The smallest absolute Gasteiger partial charge is 0.236 e. The van der Waals surface area contributed by atoms with Gasteiger partial charge in [0.25, 0.3) is 0 Å². The fourth-order valence-corrected chi connectivity index (χ4v) is 2.92. The molecule has 2 heterocycles. The van der Waals surface area contributed by atoms with Gasteiger partial charge in [0, 0.05) is 19.0 Å². The third kappa shape index (κ3) is 3.91. The molecule has 7 nitrogen and oxygen atoms in total. The van der Waals surface area contributed by atoms with Gasteiger partial charge in [-0.3, -0.25) is 4.79 Å². The van der Waals surface area contributed by atoms with Crippen LogP contribution in [-0.4, -0.2) is 24.0 Å². The highest BCUT2D eigenvalue weighted by molar-refractivity contribution is 5.77. The first-order chi connectivity index (χ1) is 12.1. The lowest BCUT2D eigenvalue weighted by Gasteiger charge is -2.30. The predicted molar refractivity (Wildman–Crippen MR) is 90.9 cm³/mol. The number of aryl methyl sites for hydroxylation is 1. The minimum Gasteiger partial charge on any atom is -0.484 e. The topological polar surface area (TPSA) is 105 Å². The number of ether oxygens (including phenoxy) is 1. The molecule has 2 N–H and O–H groups in total. The second kappa shape index (κ2) is 7.26. The lowest BCUT2D eigenvalue weighted by atomic mass is 9.96. The number of benzene rings is 1. The highest BCUT2D eigenvalue weighted by atomic mass is 16.5. The third-order valence-electron chi connectivity index (χ3n) is 4.30. The van der Waals surface area contributed by atoms with Crippen LogP contribution in [0.3, 0.4) is 0 Å². The molecule has 0 unspecified atom stereocenters. The lowest BCUT2D eigenvalue weighted by Crippen LogP contribution is -2.38. The Hall–Kier alpha value is -3.01. The van der Waals surface area contributed by atoms with Gasteiger partial charge in [0.2, 0.25) is 23.4 Å². The minimum absolute atomic E-state index is 0.117. The van der Waals surface area contributed by atoms with Gasteiger partial charge in [0.15, 0.2) is 6.61 Å². The molecule has 0 radical (unpaired) electrons. The molecule has 1 aromatic heterocycles. The number of primary amides is 1. The Morgan fingerprint density at radius 3 is 2.88 bits per heavy atom. The third-order valence-corrected chi connectivity index (χ3v) is 4.30. The Bertz CT molecular complexity index is 801. The van der Waals surface area contributed by atoms with Crippen molar-refractivity contribution in [3.8, 4) is 11.8 Å². The molecule has 0 spiro atoms. The van der Waals surface area contributed by atoms with Gasteiger partial charge in [0.05, 0.1) is 0 Å². The fourth-order valence-electron chi connectivity index (χ4n) is 2.92. The quantitative estimate of drug-likeness (QED) is 0.894. The summed E-state index contributed by atoms with van der Waals surface area (Å²) >= 11 is 0. The molecule has 0 atom stereocenters. The van der Waals surface area contributed by atoms with Gasteiger partial charge < -0.3 is 19.8 Å². The second-order valence-electron chi connectivity index (χ2n) is 6.14. The van der Waals surface area contributed by atoms with Crippen LogP contribution < -0.4 is 15.4 Å². The van der Waals surface area contributed by atoms with Gasteiger partial charge >= 0.3 is 0 Å². The average Bonchev–Trinajstić information content (AvgIpc) is 3.03. The number of carbonyl (C=O) groups excluding carboxylic acids is 1. The van der Waals surface area contributed by atoms with E-state index in [1.54, 1.807) is 0 Å². The maximum atomic E-state index is 11.3. The SMILES string of the molecule is Cc1cccc(OCc2nc(C#N)c(N3CCC(C(N)=O)CC3)o2)c1. The zero-order valence-corrected chi connectivity index (χ0v) is 14.1. The van der Waals surface area contributed by atoms with Gasteiger partial charge in [-0.25, -0.2) is 0 Å². The van der Waals surface area contributed by atoms with E-state index in [1.807, 2.05) is 36.1 Å². The van der Waals surface area contributed by atoms with Crippen LogP contribution in [0, 0.1) is 24.2 Å². The van der Waals surface area contributed by atoms with Crippen molar-refractivity contribution in [2.75, 3.05) is 18.0 Å². The van der Waals surface area contributed by atoms with Crippen LogP contribution in [0.5, 0.6) is 5.75 Å². The summed E-state index contributed by atoms with van der Waals surface area (Å²) < 4.78 is 11.4. The van der Waals surface area contributed by atoms with Crippen molar-refractivity contribution in [3.05, 3.63) is 41.4 Å². The molecule has 1 saturated heterocycles. The molecular weight excluding hydrogens is 320 g/mol. The van der Waals surface area contributed by atoms with Gasteiger partial charge in [-0.2, -0.15) is 10.2 Å². The van der Waals surface area contributed by atoms with Crippen LogP contribution in [0.25, 0.3) is 0 Å². The van der Waals surface area contributed by atoms with Crippen LogP contribution in [-0.2, 0) is 11.4 Å². The van der Waals surface area contributed by atoms with Crippen molar-refractivity contribution in [1.29, 1.82) is 5.26 Å². The van der Waals surface area contributed by atoms with Gasteiger partial charge in [0.1, 0.15) is 11.8 Å². The molecule has 25 heavy (non-hydrogen) atoms. The number of anilines is 1. The monoisotopic (exact) mass is 340 g/mol. The number of aromatic nitrogens is 1. The number of rotatable bonds is 5. The first-order valence-electron chi connectivity index (χ1n) is 8.20. The molecule has 1 fully saturated rings. The zero-order chi connectivity index (χ0) is 17.8. The molecule has 1 amide bonds. The first-order valence-corrected chi connectivity index (χ1v) is 8.20. The summed E-state index contributed by atoms with van der Waals surface area (Å²) in [5.74, 6) is 1.12. The highest BCUT2D eigenvalue weighted by Gasteiger charge is 2.27. The normalized spacial score (nSPS) is 15.0. The van der Waals surface area contributed by atoms with Gasteiger partial charge in [-0.15, -0.1) is 0 Å². The summed E-state index contributed by atoms with van der Waals surface area (Å²) in [5, 5.41) is 9.31. The number of nitrogens with two attached hydrogens (primary N) is 1. The number of amides is 1. The Morgan fingerprint density at radius 2 is 2.24 bits per heavy atom. The Kier molecular flexibility index (Phi) is 4.89. The van der Waals surface area contributed by atoms with E-state index in [0.717, 1.165) is 11.3 Å². The predicted octanol–water partition coefficient (Wildman–Crippen LogP) is 2.14. The number of hydrogen-bond acceptors (Lipinski definition) is 6. The molecule has 0 aliphatic carbocycles. The molecule has 0 bridgehead atoms. The van der Waals surface area contributed by atoms with Crippen molar-refractivity contribution < 1.29 is 13.9 Å². The number of oxazole rings is 1. The standard InChI is InChI=1S/C18H20N4O3/c1-12-3-2-4-14(9-12)24-11-16-21-15(10-19)18(25-16)22-7-5-13(6-8-22)17(20)23/h2-4,9,13H,5-8,11H2,1H3,(H2,20,23). The molecule has 3 rings (SSSR count). The lowest BCUT2D eigenvalue weighted by molar-refractivity contribution is -0.122. The Balaban J connectivity index is 1.68. The van der Waals surface area contributed by atoms with E-state index >= 15 is 0 Å². The first kappa shape index (κ1) is 16.8. The maximum absolute atomic E-state index is 11.3. The van der Waals surface area contributed by atoms with E-state index in [0.29, 0.717) is 37.7 Å². The summed E-state index contributed by atoms with van der Waals surface area (Å²) in [5.41, 5.74) is 6.69. The molecule has 1 aliphatic rings. The van der Waals surface area contributed by atoms with E-state index in [2.05, 4.69) is 11.1 Å². The number of nitrogens with zero attached hydrogens (tertiary/aromatic N) is 3. The van der Waals surface area contributed by atoms with Gasteiger partial charge in [-0.05, 0) is 37.5 Å². The maximum Gasteiger partial charge on any atom is 0.236 e. The largest absolute Gasteiger partial charge is 0.484 e. The number of piperidine rings is 1. The summed E-state index contributed by atoms with van der Waals surface area (Å²) in [6.45, 7) is 3.35. The molecule has 0 saturated carbocycles. The fraction of sp³-hybridized carbons (Fsp3) is 0.389. The minimum atomic E-state index is -0.273. The van der Waals surface area contributed by atoms with Gasteiger partial charge in [-0.1, -0.05) is 12.1 Å². The number of carbonyl (C=O) groups is 1. The van der Waals surface area contributed by atoms with Crippen molar-refractivity contribution in [1.82, 2.24) is 4.98 Å². The molecule has 1 aliphatic heterocycles. The van der Waals surface area contributed by atoms with Crippen LogP contribution in [0.1, 0.15) is 30.0 Å². The van der Waals surface area contributed by atoms with E-state index in [9.17, 15) is 10.1 Å². The summed E-state index contributed by atoms with van der Waals surface area (Å²) in [7, 11) is 0. The Labute approximate surface area is 146 Å². The van der Waals surface area contributed by atoms with Crippen molar-refractivity contribution >= 4 is 11.8 Å². The van der Waals surface area contributed by atoms with Crippen LogP contribution >= 0.6 is 0 Å². The van der Waals surface area contributed by atoms with Crippen LogP contribution in [0.2, 0.25) is 0 Å². The van der Waals surface area contributed by atoms with Crippen LogP contribution in [0.4, 0.5) is 5.88 Å². The van der Waals surface area contributed by atoms with E-state index in [1.165, 1.54) is 0 Å². The molecule has 7 heteroatoms. The zero-order valence-electron chi connectivity index (χ0n) is 14.1. The summed E-state index contributed by atoms with van der Waals surface area (Å²) in [6.07, 6.45) is 1.30. The van der Waals surface area contributed by atoms with E-state index < -0.39 is 0 Å². The average molecular weight is 340 g/mol. The molecular formula is C18H20N4O3. The summed E-state index contributed by atoms with van der Waals surface area (Å²) in [6, 6.07) is 9.74. The summed E-state index contributed by atoms with van der Waals surface area (Å²) in [4.78, 5) is 17.4. The van der Waals surface area contributed by atoms with E-state index in [4.69, 9.17) is 14.9 Å². The number of hydrogen-bond donors (Lipinski definition) is 1. The van der Waals surface area contributed by atoms with Crippen molar-refractivity contribution in [2.24, 2.45) is 11.7 Å². The molecule has 2 aromatic rings. The highest BCUT2D eigenvalue weighted by Crippen LogP contribution is 2.27. The van der Waals surface area contributed by atoms with Crippen LogP contribution in [0.15, 0.2) is 28.7 Å². The van der Waals surface area contributed by atoms with Crippen molar-refractivity contribution in [3.63, 3.8) is 0 Å². The van der Waals surface area contributed by atoms with Crippen molar-refractivity contribution in [2.45, 2.75) is 26.4 Å². The molecule has 130 valence electrons. The van der Waals surface area contributed by atoms with E-state index in [-0.39, 0.29) is 24.1 Å².